The maximum Gasteiger partial charge on any atom is 0.305 e. The van der Waals surface area contributed by atoms with Crippen LogP contribution in [-0.4, -0.2) is 48.6 Å². The van der Waals surface area contributed by atoms with Gasteiger partial charge in [-0.3, -0.25) is 9.59 Å². The molecule has 0 saturated carbocycles. The van der Waals surface area contributed by atoms with Crippen molar-refractivity contribution in [2.45, 2.75) is 149 Å². The smallest absolute Gasteiger partial charge is 0.305 e. The second-order valence-electron chi connectivity index (χ2n) is 11.0. The third kappa shape index (κ3) is 22.6. The van der Waals surface area contributed by atoms with Crippen molar-refractivity contribution < 1.29 is 29.3 Å². The van der Waals surface area contributed by atoms with Crippen molar-refractivity contribution in [3.8, 4) is 0 Å². The normalized spacial score (nSPS) is 11.8. The lowest BCUT2D eigenvalue weighted by atomic mass is 9.92. The number of rotatable bonds is 28. The first kappa shape index (κ1) is 36.6. The van der Waals surface area contributed by atoms with E-state index < -0.39 is 18.6 Å². The summed E-state index contributed by atoms with van der Waals surface area (Å²) in [6, 6.07) is 0. The second-order valence-corrected chi connectivity index (χ2v) is 11.0. The minimum Gasteiger partial charge on any atom is -0.465 e. The van der Waals surface area contributed by atoms with E-state index in [1.165, 1.54) is 77.0 Å². The zero-order chi connectivity index (χ0) is 28.2. The van der Waals surface area contributed by atoms with Crippen LogP contribution < -0.4 is 0 Å². The van der Waals surface area contributed by atoms with Gasteiger partial charge in [-0.15, -0.1) is 0 Å². The summed E-state index contributed by atoms with van der Waals surface area (Å²) in [6.45, 7) is 3.26. The summed E-state index contributed by atoms with van der Waals surface area (Å²) in [5, 5.41) is 19.5. The van der Waals surface area contributed by atoms with E-state index in [-0.39, 0.29) is 25.2 Å². The lowest BCUT2D eigenvalue weighted by Crippen LogP contribution is -2.41. The largest absolute Gasteiger partial charge is 0.465 e. The van der Waals surface area contributed by atoms with E-state index in [1.54, 1.807) is 0 Å². The first-order valence-electron chi connectivity index (χ1n) is 15.7. The maximum atomic E-state index is 12.1. The van der Waals surface area contributed by atoms with Gasteiger partial charge in [0.1, 0.15) is 13.2 Å². The number of esters is 2. The van der Waals surface area contributed by atoms with Crippen LogP contribution in [0.3, 0.4) is 0 Å². The van der Waals surface area contributed by atoms with Crippen molar-refractivity contribution in [3.05, 3.63) is 12.2 Å². The van der Waals surface area contributed by atoms with Crippen LogP contribution in [0, 0.1) is 5.41 Å². The monoisotopic (exact) mass is 540 g/mol. The molecule has 0 aromatic rings. The van der Waals surface area contributed by atoms with Gasteiger partial charge in [-0.05, 0) is 38.5 Å². The minimum atomic E-state index is -1.16. The quantitative estimate of drug-likeness (QED) is 0.0597. The Morgan fingerprint density at radius 3 is 1.26 bits per heavy atom. The van der Waals surface area contributed by atoms with Crippen LogP contribution in [0.5, 0.6) is 0 Å². The Morgan fingerprint density at radius 1 is 0.553 bits per heavy atom. The van der Waals surface area contributed by atoms with Crippen LogP contribution >= 0.6 is 0 Å². The van der Waals surface area contributed by atoms with Gasteiger partial charge in [0.25, 0.3) is 0 Å². The van der Waals surface area contributed by atoms with Gasteiger partial charge in [-0.25, -0.2) is 0 Å². The molecule has 0 bridgehead atoms. The molecule has 0 aliphatic rings. The molecule has 0 aliphatic carbocycles. The molecular formula is C32H60O6. The Hall–Kier alpha value is -1.40. The molecular weight excluding hydrogens is 480 g/mol. The van der Waals surface area contributed by atoms with Crippen molar-refractivity contribution in [1.29, 1.82) is 0 Å². The zero-order valence-corrected chi connectivity index (χ0v) is 24.9. The van der Waals surface area contributed by atoms with Crippen molar-refractivity contribution in [2.75, 3.05) is 26.4 Å². The molecule has 0 spiro atoms. The van der Waals surface area contributed by atoms with Gasteiger partial charge in [0.2, 0.25) is 0 Å². The molecule has 0 saturated heterocycles. The molecule has 0 unspecified atom stereocenters. The van der Waals surface area contributed by atoms with Crippen molar-refractivity contribution in [1.82, 2.24) is 0 Å². The summed E-state index contributed by atoms with van der Waals surface area (Å²) in [5.41, 5.74) is -1.16. The highest BCUT2D eigenvalue weighted by Crippen LogP contribution is 2.19. The highest BCUT2D eigenvalue weighted by Gasteiger charge is 2.32. The fourth-order valence-electron chi connectivity index (χ4n) is 4.28. The average Bonchev–Trinajstić information content (AvgIpc) is 2.93. The fraction of sp³-hybridized carbons (Fsp3) is 0.875. The maximum absolute atomic E-state index is 12.1. The summed E-state index contributed by atoms with van der Waals surface area (Å²) in [6.07, 6.45) is 27.4. The van der Waals surface area contributed by atoms with Crippen LogP contribution in [0.1, 0.15) is 149 Å². The summed E-state index contributed by atoms with van der Waals surface area (Å²) in [7, 11) is 0. The predicted molar refractivity (Wildman–Crippen MR) is 156 cm³/mol. The van der Waals surface area contributed by atoms with Crippen LogP contribution in [0.4, 0.5) is 0 Å². The van der Waals surface area contributed by atoms with Gasteiger partial charge in [0.05, 0.1) is 18.6 Å². The van der Waals surface area contributed by atoms with Crippen LogP contribution in [0.2, 0.25) is 0 Å². The molecule has 0 aromatic heterocycles. The molecule has 0 fully saturated rings. The molecule has 0 radical (unpaired) electrons. The molecule has 0 aliphatic heterocycles. The lowest BCUT2D eigenvalue weighted by Gasteiger charge is -2.28. The molecule has 0 atom stereocenters. The predicted octanol–water partition coefficient (Wildman–Crippen LogP) is 7.83. The Balaban J connectivity index is 3.83. The Kier molecular flexibility index (Phi) is 26.2. The van der Waals surface area contributed by atoms with E-state index in [1.807, 2.05) is 0 Å². The van der Waals surface area contributed by atoms with Crippen LogP contribution in [0.25, 0.3) is 0 Å². The number of aliphatic hydroxyl groups excluding tert-OH is 2. The Morgan fingerprint density at radius 2 is 0.895 bits per heavy atom. The SMILES string of the molecule is CCCCCCCC/C=C\CCCCCCCC(=O)OCC(CO)(CO)COC(=O)CCCCCCCC. The van der Waals surface area contributed by atoms with Crippen LogP contribution in [-0.2, 0) is 19.1 Å². The fourth-order valence-corrected chi connectivity index (χ4v) is 4.28. The van der Waals surface area contributed by atoms with Gasteiger partial charge in [0, 0.05) is 12.8 Å². The molecule has 0 heterocycles. The van der Waals surface area contributed by atoms with E-state index >= 15 is 0 Å². The summed E-state index contributed by atoms with van der Waals surface area (Å²) < 4.78 is 10.6. The third-order valence-corrected chi connectivity index (χ3v) is 7.13. The average molecular weight is 541 g/mol. The summed E-state index contributed by atoms with van der Waals surface area (Å²) in [4.78, 5) is 24.2. The molecule has 0 rings (SSSR count). The number of carbonyl (C=O) groups excluding carboxylic acids is 2. The van der Waals surface area contributed by atoms with E-state index in [4.69, 9.17) is 9.47 Å². The highest BCUT2D eigenvalue weighted by molar-refractivity contribution is 5.69. The zero-order valence-electron chi connectivity index (χ0n) is 24.9. The molecule has 6 heteroatoms. The molecule has 38 heavy (non-hydrogen) atoms. The first-order valence-corrected chi connectivity index (χ1v) is 15.7. The number of carbonyl (C=O) groups is 2. The third-order valence-electron chi connectivity index (χ3n) is 7.13. The van der Waals surface area contributed by atoms with Gasteiger partial charge >= 0.3 is 11.9 Å². The number of hydrogen-bond donors (Lipinski definition) is 2. The van der Waals surface area contributed by atoms with Gasteiger partial charge in [-0.1, -0.05) is 109 Å². The number of aliphatic hydroxyl groups is 2. The molecule has 224 valence electrons. The highest BCUT2D eigenvalue weighted by atomic mass is 16.5. The second kappa shape index (κ2) is 27.2. The van der Waals surface area contributed by atoms with Crippen LogP contribution in [0.15, 0.2) is 12.2 Å². The minimum absolute atomic E-state index is 0.157. The number of ether oxygens (including phenoxy) is 2. The molecule has 6 nitrogen and oxygen atoms in total. The first-order chi connectivity index (χ1) is 18.5. The number of unbranched alkanes of at least 4 members (excludes halogenated alkanes) is 16. The number of hydrogen-bond acceptors (Lipinski definition) is 6. The topological polar surface area (TPSA) is 93.1 Å². The molecule has 0 aromatic carbocycles. The van der Waals surface area contributed by atoms with Gasteiger partial charge in [0.15, 0.2) is 0 Å². The van der Waals surface area contributed by atoms with E-state index in [0.717, 1.165) is 44.9 Å². The van der Waals surface area contributed by atoms with E-state index in [0.29, 0.717) is 12.8 Å². The Bertz CT molecular complexity index is 570. The van der Waals surface area contributed by atoms with E-state index in [9.17, 15) is 19.8 Å². The Labute approximate surface area is 234 Å². The number of allylic oxidation sites excluding steroid dienone is 2. The van der Waals surface area contributed by atoms with Crippen molar-refractivity contribution >= 4 is 11.9 Å². The van der Waals surface area contributed by atoms with Gasteiger partial charge < -0.3 is 19.7 Å². The summed E-state index contributed by atoms with van der Waals surface area (Å²) >= 11 is 0. The lowest BCUT2D eigenvalue weighted by molar-refractivity contribution is -0.159. The van der Waals surface area contributed by atoms with E-state index in [2.05, 4.69) is 26.0 Å². The molecule has 0 amide bonds. The van der Waals surface area contributed by atoms with Gasteiger partial charge in [-0.2, -0.15) is 0 Å². The summed E-state index contributed by atoms with van der Waals surface area (Å²) in [5.74, 6) is -0.682. The van der Waals surface area contributed by atoms with Crippen molar-refractivity contribution in [2.24, 2.45) is 5.41 Å². The van der Waals surface area contributed by atoms with Crippen molar-refractivity contribution in [3.63, 3.8) is 0 Å². The molecule has 2 N–H and O–H groups in total. The standard InChI is InChI=1S/C32H60O6/c1-3-5-7-9-11-12-13-14-15-16-17-18-19-21-23-25-31(36)38-29-32(26-33,27-34)28-37-30(35)24-22-20-10-8-6-4-2/h14-15,33-34H,3-13,16-29H2,1-2H3/b15-14-.